The Bertz CT molecular complexity index is 476. The van der Waals surface area contributed by atoms with Crippen LogP contribution in [-0.2, 0) is 0 Å². The Kier molecular flexibility index (Phi) is 4.08. The number of aliphatic hydroxyl groups is 1. The highest BCUT2D eigenvalue weighted by Crippen LogP contribution is 2.74. The number of hydrogen-bond donors (Lipinski definition) is 1. The number of allylic oxidation sites excluding steroid dienone is 2. The second-order valence-electron chi connectivity index (χ2n) is 4.33. The van der Waals surface area contributed by atoms with Crippen LogP contribution in [0.4, 0.5) is 0 Å². The monoisotopic (exact) mass is 366 g/mol. The van der Waals surface area contributed by atoms with Crippen LogP contribution in [0, 0.1) is 17.8 Å². The van der Waals surface area contributed by atoms with Gasteiger partial charge in [0.2, 0.25) is 0 Å². The number of halogens is 6. The molecule has 0 unspecified atom stereocenters. The number of fused-ring (bicyclic) bond motifs is 2. The van der Waals surface area contributed by atoms with E-state index in [1.807, 2.05) is 0 Å². The molecule has 1 saturated carbocycles. The highest BCUT2D eigenvalue weighted by atomic mass is 35.5. The van der Waals surface area contributed by atoms with Gasteiger partial charge in [-0.05, 0) is 12.3 Å². The van der Waals surface area contributed by atoms with Gasteiger partial charge in [-0.25, -0.2) is 0 Å². The fourth-order valence-corrected chi connectivity index (χ4v) is 5.34. The predicted molar refractivity (Wildman–Crippen MR) is 77.9 cm³/mol. The summed E-state index contributed by atoms with van der Waals surface area (Å²) in [6.07, 6.45) is 0.778. The summed E-state index contributed by atoms with van der Waals surface area (Å²) in [7, 11) is 0. The van der Waals surface area contributed by atoms with Crippen molar-refractivity contribution < 1.29 is 5.11 Å². The molecule has 1 fully saturated rings. The van der Waals surface area contributed by atoms with Gasteiger partial charge in [0, 0.05) is 6.42 Å². The number of rotatable bonds is 1. The van der Waals surface area contributed by atoms with Gasteiger partial charge in [0.25, 0.3) is 0 Å². The van der Waals surface area contributed by atoms with E-state index in [4.69, 9.17) is 74.7 Å². The van der Waals surface area contributed by atoms with Gasteiger partial charge < -0.3 is 5.11 Å². The molecule has 7 heteroatoms. The molecule has 0 aliphatic heterocycles. The van der Waals surface area contributed by atoms with Crippen molar-refractivity contribution in [3.05, 3.63) is 10.1 Å². The first-order valence-electron chi connectivity index (χ1n) is 5.12. The number of alkyl halides is 4. The molecule has 0 aromatic rings. The first-order valence-corrected chi connectivity index (χ1v) is 7.38. The van der Waals surface area contributed by atoms with Gasteiger partial charge in [-0.15, -0.1) is 29.1 Å². The molecule has 0 aromatic carbocycles. The van der Waals surface area contributed by atoms with Gasteiger partial charge in [0.15, 0.2) is 4.33 Å². The van der Waals surface area contributed by atoms with E-state index in [9.17, 15) is 0 Å². The van der Waals surface area contributed by atoms with Crippen molar-refractivity contribution in [3.8, 4) is 11.8 Å². The lowest BCUT2D eigenvalue weighted by atomic mass is 9.89. The Morgan fingerprint density at radius 2 is 1.72 bits per heavy atom. The molecule has 100 valence electrons. The Balaban J connectivity index is 2.43. The van der Waals surface area contributed by atoms with Crippen molar-refractivity contribution in [1.29, 1.82) is 0 Å². The lowest BCUT2D eigenvalue weighted by Gasteiger charge is -2.33. The van der Waals surface area contributed by atoms with Crippen molar-refractivity contribution in [3.63, 3.8) is 0 Å². The molecule has 0 spiro atoms. The third-order valence-electron chi connectivity index (χ3n) is 3.46. The Hall–Kier alpha value is 1.00. The van der Waals surface area contributed by atoms with Crippen LogP contribution in [0.15, 0.2) is 10.1 Å². The zero-order chi connectivity index (χ0) is 13.8. The van der Waals surface area contributed by atoms with Gasteiger partial charge >= 0.3 is 0 Å². The summed E-state index contributed by atoms with van der Waals surface area (Å²) >= 11 is 37.8. The normalized spacial score (nSPS) is 40.9. The van der Waals surface area contributed by atoms with E-state index in [0.29, 0.717) is 12.8 Å². The van der Waals surface area contributed by atoms with E-state index in [-0.39, 0.29) is 22.6 Å². The largest absolute Gasteiger partial charge is 0.384 e. The van der Waals surface area contributed by atoms with Gasteiger partial charge in [-0.3, -0.25) is 0 Å². The highest BCUT2D eigenvalue weighted by Gasteiger charge is 2.77. The lowest BCUT2D eigenvalue weighted by molar-refractivity contribution is 0.350. The zero-order valence-electron chi connectivity index (χ0n) is 8.91. The molecule has 0 heterocycles. The third-order valence-corrected chi connectivity index (χ3v) is 7.78. The first-order chi connectivity index (χ1) is 8.23. The van der Waals surface area contributed by atoms with Crippen LogP contribution in [0.2, 0.25) is 0 Å². The van der Waals surface area contributed by atoms with Crippen LogP contribution in [0.1, 0.15) is 12.8 Å². The summed E-state index contributed by atoms with van der Waals surface area (Å²) in [5.74, 6) is 5.11. The maximum atomic E-state index is 8.64. The van der Waals surface area contributed by atoms with E-state index in [1.54, 1.807) is 0 Å². The molecule has 0 amide bonds. The molecule has 2 rings (SSSR count). The topological polar surface area (TPSA) is 20.2 Å². The van der Waals surface area contributed by atoms with E-state index in [2.05, 4.69) is 11.8 Å². The number of aliphatic hydroxyl groups excluding tert-OH is 1. The summed E-state index contributed by atoms with van der Waals surface area (Å²) in [4.78, 5) is -2.41. The van der Waals surface area contributed by atoms with Gasteiger partial charge in [-0.1, -0.05) is 52.3 Å². The van der Waals surface area contributed by atoms with Crippen molar-refractivity contribution in [2.45, 2.75) is 26.9 Å². The second kappa shape index (κ2) is 4.78. The molecule has 2 aliphatic carbocycles. The van der Waals surface area contributed by atoms with Crippen molar-refractivity contribution in [2.24, 2.45) is 5.92 Å². The summed E-state index contributed by atoms with van der Waals surface area (Å²) in [6.45, 7) is -0.217. The average Bonchev–Trinajstić information content (AvgIpc) is 2.52. The molecule has 2 aliphatic rings. The van der Waals surface area contributed by atoms with Crippen molar-refractivity contribution in [2.75, 3.05) is 6.61 Å². The molecule has 3 atom stereocenters. The van der Waals surface area contributed by atoms with Gasteiger partial charge in [-0.2, -0.15) is 0 Å². The van der Waals surface area contributed by atoms with E-state index < -0.39 is 14.1 Å². The van der Waals surface area contributed by atoms with Crippen molar-refractivity contribution in [1.82, 2.24) is 0 Å². The minimum absolute atomic E-state index is 0.188. The summed E-state index contributed by atoms with van der Waals surface area (Å²) < 4.78 is -1.48. The summed E-state index contributed by atoms with van der Waals surface area (Å²) in [5, 5.41) is 9.04. The van der Waals surface area contributed by atoms with Gasteiger partial charge in [0.05, 0.1) is 10.1 Å². The molecule has 1 N–H and O–H groups in total. The number of hydrogen-bond acceptors (Lipinski definition) is 1. The standard InChI is InChI=1S/C11H8Cl6O/c12-7-8(13)10(15)6(3-1-2-4-18)5-9(7,14)11(10,16)17/h6,18H,3-5H2/t6-,9+,10-/m1/s1. The first kappa shape index (κ1) is 15.4. The zero-order valence-corrected chi connectivity index (χ0v) is 13.4. The Labute approximate surface area is 135 Å². The van der Waals surface area contributed by atoms with Crippen LogP contribution in [0.25, 0.3) is 0 Å². The quantitative estimate of drug-likeness (QED) is 0.542. The lowest BCUT2D eigenvalue weighted by Crippen LogP contribution is -2.44. The SMILES string of the molecule is OCC#CC[C@@H]1C[C@]2(Cl)C(Cl)=C(Cl)[C@@]1(Cl)C2(Cl)Cl. The second-order valence-corrected chi connectivity index (χ2v) is 7.66. The van der Waals surface area contributed by atoms with Crippen LogP contribution in [0.5, 0.6) is 0 Å². The third kappa shape index (κ3) is 1.67. The smallest absolute Gasteiger partial charge is 0.166 e. The van der Waals surface area contributed by atoms with Crippen LogP contribution in [-0.4, -0.2) is 25.8 Å². The fraction of sp³-hybridized carbons (Fsp3) is 0.636. The van der Waals surface area contributed by atoms with Gasteiger partial charge in [0.1, 0.15) is 16.4 Å². The molecular weight excluding hydrogens is 361 g/mol. The summed E-state index contributed by atoms with van der Waals surface area (Å²) in [6, 6.07) is 0. The van der Waals surface area contributed by atoms with Crippen LogP contribution in [0.3, 0.4) is 0 Å². The Morgan fingerprint density at radius 3 is 2.17 bits per heavy atom. The van der Waals surface area contributed by atoms with E-state index in [1.165, 1.54) is 0 Å². The van der Waals surface area contributed by atoms with E-state index in [0.717, 1.165) is 0 Å². The summed E-state index contributed by atoms with van der Waals surface area (Å²) in [5.41, 5.74) is 0. The minimum Gasteiger partial charge on any atom is -0.384 e. The average molecular weight is 369 g/mol. The predicted octanol–water partition coefficient (Wildman–Crippen LogP) is 4.22. The molecule has 18 heavy (non-hydrogen) atoms. The van der Waals surface area contributed by atoms with Crippen molar-refractivity contribution >= 4 is 69.6 Å². The van der Waals surface area contributed by atoms with Crippen LogP contribution < -0.4 is 0 Å². The van der Waals surface area contributed by atoms with Crippen LogP contribution >= 0.6 is 69.6 Å². The van der Waals surface area contributed by atoms with E-state index >= 15 is 0 Å². The fourth-order valence-electron chi connectivity index (χ4n) is 2.50. The molecule has 1 nitrogen and oxygen atoms in total. The maximum absolute atomic E-state index is 8.64. The molecule has 0 saturated heterocycles. The molecule has 0 aromatic heterocycles. The molecule has 0 radical (unpaired) electrons. The molecule has 2 bridgehead atoms. The minimum atomic E-state index is -1.48. The molecular formula is C11H8Cl6O. The Morgan fingerprint density at radius 1 is 1.11 bits per heavy atom. The highest BCUT2D eigenvalue weighted by molar-refractivity contribution is 6.65. The maximum Gasteiger partial charge on any atom is 0.166 e.